The first-order chi connectivity index (χ1) is 5.15. The molecule has 0 atom stereocenters. The van der Waals surface area contributed by atoms with Crippen molar-refractivity contribution in [3.63, 3.8) is 0 Å². The first-order valence-electron chi connectivity index (χ1n) is 3.89. The van der Waals surface area contributed by atoms with Gasteiger partial charge >= 0.3 is 0 Å². The van der Waals surface area contributed by atoms with E-state index in [9.17, 15) is 0 Å². The largest absolute Gasteiger partial charge is 0.336 e. The van der Waals surface area contributed by atoms with Gasteiger partial charge in [0.25, 0.3) is 0 Å². The molecule has 0 bridgehead atoms. The summed E-state index contributed by atoms with van der Waals surface area (Å²) in [5.74, 6) is 0.507. The van der Waals surface area contributed by atoms with Gasteiger partial charge in [0, 0.05) is 5.69 Å². The summed E-state index contributed by atoms with van der Waals surface area (Å²) in [5.41, 5.74) is 2.42. The number of rotatable bonds is 2. The Bertz CT molecular complexity index is 240. The summed E-state index contributed by atoms with van der Waals surface area (Å²) in [6.07, 6.45) is 1.02. The third-order valence-corrected chi connectivity index (χ3v) is 2.06. The quantitative estimate of drug-likeness (QED) is 0.810. The zero-order valence-electron chi connectivity index (χ0n) is 7.11. The highest BCUT2D eigenvalue weighted by molar-refractivity contribution is 9.10. The van der Waals surface area contributed by atoms with Gasteiger partial charge < -0.3 is 4.98 Å². The third-order valence-electron chi connectivity index (χ3n) is 1.68. The van der Waals surface area contributed by atoms with Gasteiger partial charge in [-0.1, -0.05) is 20.8 Å². The van der Waals surface area contributed by atoms with Gasteiger partial charge in [-0.15, -0.1) is 0 Å². The Morgan fingerprint density at radius 1 is 1.55 bits per heavy atom. The Morgan fingerprint density at radius 2 is 2.18 bits per heavy atom. The van der Waals surface area contributed by atoms with Crippen molar-refractivity contribution in [2.45, 2.75) is 33.1 Å². The van der Waals surface area contributed by atoms with Crippen molar-refractivity contribution in [2.75, 3.05) is 0 Å². The third kappa shape index (κ3) is 1.83. The lowest BCUT2D eigenvalue weighted by Crippen LogP contribution is -1.93. The molecule has 0 spiro atoms. The van der Waals surface area contributed by atoms with Crippen LogP contribution in [0.4, 0.5) is 0 Å². The molecule has 2 nitrogen and oxygen atoms in total. The number of H-pyrrole nitrogens is 1. The van der Waals surface area contributed by atoms with Gasteiger partial charge in [-0.05, 0) is 28.3 Å². The number of aromatic amines is 1. The molecule has 0 fully saturated rings. The van der Waals surface area contributed by atoms with Crippen LogP contribution in [0.15, 0.2) is 4.73 Å². The Kier molecular flexibility index (Phi) is 2.71. The van der Waals surface area contributed by atoms with E-state index in [0.717, 1.165) is 11.2 Å². The van der Waals surface area contributed by atoms with Crippen LogP contribution in [0.2, 0.25) is 0 Å². The van der Waals surface area contributed by atoms with Crippen molar-refractivity contribution in [1.82, 2.24) is 9.97 Å². The van der Waals surface area contributed by atoms with Crippen LogP contribution < -0.4 is 0 Å². The standard InChI is InChI=1S/C8H13BrN2/c1-4-6-7(5(2)3)11-8(9)10-6/h5H,4H2,1-3H3,(H,10,11). The first-order valence-corrected chi connectivity index (χ1v) is 4.68. The topological polar surface area (TPSA) is 28.7 Å². The van der Waals surface area contributed by atoms with Crippen LogP contribution in [0.1, 0.15) is 38.1 Å². The number of aromatic nitrogens is 2. The van der Waals surface area contributed by atoms with E-state index < -0.39 is 0 Å². The maximum absolute atomic E-state index is 4.34. The van der Waals surface area contributed by atoms with Crippen molar-refractivity contribution >= 4 is 15.9 Å². The van der Waals surface area contributed by atoms with E-state index in [-0.39, 0.29) is 0 Å². The lowest BCUT2D eigenvalue weighted by Gasteiger charge is -2.01. The summed E-state index contributed by atoms with van der Waals surface area (Å²) in [6.45, 7) is 6.44. The molecule has 1 N–H and O–H groups in total. The number of nitrogens with one attached hydrogen (secondary N) is 1. The van der Waals surface area contributed by atoms with Crippen molar-refractivity contribution in [3.05, 3.63) is 16.1 Å². The zero-order chi connectivity index (χ0) is 8.43. The van der Waals surface area contributed by atoms with E-state index in [1.165, 1.54) is 11.4 Å². The monoisotopic (exact) mass is 216 g/mol. The number of hydrogen-bond donors (Lipinski definition) is 1. The van der Waals surface area contributed by atoms with Gasteiger partial charge in [-0.25, -0.2) is 4.98 Å². The van der Waals surface area contributed by atoms with E-state index in [1.807, 2.05) is 0 Å². The van der Waals surface area contributed by atoms with Crippen molar-refractivity contribution in [3.8, 4) is 0 Å². The van der Waals surface area contributed by atoms with Crippen LogP contribution in [0, 0.1) is 0 Å². The molecule has 1 aromatic heterocycles. The van der Waals surface area contributed by atoms with E-state index in [2.05, 4.69) is 46.7 Å². The fraction of sp³-hybridized carbons (Fsp3) is 0.625. The minimum Gasteiger partial charge on any atom is -0.336 e. The average molecular weight is 217 g/mol. The summed E-state index contributed by atoms with van der Waals surface area (Å²) in [4.78, 5) is 7.52. The number of hydrogen-bond acceptors (Lipinski definition) is 1. The number of halogens is 1. The molecule has 3 heteroatoms. The highest BCUT2D eigenvalue weighted by Crippen LogP contribution is 2.19. The molecule has 1 heterocycles. The van der Waals surface area contributed by atoms with Crippen molar-refractivity contribution in [1.29, 1.82) is 0 Å². The van der Waals surface area contributed by atoms with Gasteiger partial charge in [-0.3, -0.25) is 0 Å². The molecule has 0 amide bonds. The van der Waals surface area contributed by atoms with Crippen LogP contribution in [0.25, 0.3) is 0 Å². The molecule has 1 aromatic rings. The Balaban J connectivity index is 3.02. The van der Waals surface area contributed by atoms with Gasteiger partial charge in [-0.2, -0.15) is 0 Å². The van der Waals surface area contributed by atoms with Crippen LogP contribution in [-0.2, 0) is 6.42 Å². The first kappa shape index (κ1) is 8.78. The molecular weight excluding hydrogens is 204 g/mol. The fourth-order valence-corrected chi connectivity index (χ4v) is 1.57. The number of imidazole rings is 1. The molecule has 0 aromatic carbocycles. The van der Waals surface area contributed by atoms with Crippen LogP contribution in [0.3, 0.4) is 0 Å². The molecule has 0 aliphatic carbocycles. The molecule has 0 radical (unpaired) electrons. The van der Waals surface area contributed by atoms with E-state index in [0.29, 0.717) is 5.92 Å². The van der Waals surface area contributed by atoms with Crippen molar-refractivity contribution < 1.29 is 0 Å². The average Bonchev–Trinajstić information content (AvgIpc) is 2.30. The summed E-state index contributed by atoms with van der Waals surface area (Å²) < 4.78 is 0.845. The molecule has 11 heavy (non-hydrogen) atoms. The number of aryl methyl sites for hydroxylation is 1. The predicted molar refractivity (Wildman–Crippen MR) is 49.8 cm³/mol. The SMILES string of the molecule is CCc1[nH]c(Br)nc1C(C)C. The Hall–Kier alpha value is -0.310. The smallest absolute Gasteiger partial charge is 0.174 e. The highest BCUT2D eigenvalue weighted by atomic mass is 79.9. The normalized spacial score (nSPS) is 11.0. The molecule has 0 aliphatic heterocycles. The van der Waals surface area contributed by atoms with Gasteiger partial charge in [0.05, 0.1) is 5.69 Å². The molecule has 62 valence electrons. The molecule has 0 aliphatic rings. The minimum atomic E-state index is 0.507. The second-order valence-corrected chi connectivity index (χ2v) is 3.65. The summed E-state index contributed by atoms with van der Waals surface area (Å²) in [6, 6.07) is 0. The van der Waals surface area contributed by atoms with E-state index in [1.54, 1.807) is 0 Å². The lowest BCUT2D eigenvalue weighted by atomic mass is 10.1. The fourth-order valence-electron chi connectivity index (χ4n) is 1.14. The molecular formula is C8H13BrN2. The van der Waals surface area contributed by atoms with E-state index in [4.69, 9.17) is 0 Å². The van der Waals surface area contributed by atoms with Crippen LogP contribution in [0.5, 0.6) is 0 Å². The predicted octanol–water partition coefficient (Wildman–Crippen LogP) is 2.86. The lowest BCUT2D eigenvalue weighted by molar-refractivity contribution is 0.809. The Morgan fingerprint density at radius 3 is 2.55 bits per heavy atom. The number of nitrogens with zero attached hydrogens (tertiary/aromatic N) is 1. The van der Waals surface area contributed by atoms with Crippen molar-refractivity contribution in [2.24, 2.45) is 0 Å². The van der Waals surface area contributed by atoms with Gasteiger partial charge in [0.1, 0.15) is 0 Å². The highest BCUT2D eigenvalue weighted by Gasteiger charge is 2.09. The van der Waals surface area contributed by atoms with Crippen LogP contribution >= 0.6 is 15.9 Å². The molecule has 0 unspecified atom stereocenters. The van der Waals surface area contributed by atoms with Gasteiger partial charge in [0.15, 0.2) is 4.73 Å². The van der Waals surface area contributed by atoms with Gasteiger partial charge in [0.2, 0.25) is 0 Å². The molecule has 0 saturated carbocycles. The van der Waals surface area contributed by atoms with E-state index >= 15 is 0 Å². The summed E-state index contributed by atoms with van der Waals surface area (Å²) >= 11 is 3.33. The van der Waals surface area contributed by atoms with Crippen LogP contribution in [-0.4, -0.2) is 9.97 Å². The Labute approximate surface area is 75.6 Å². The second kappa shape index (κ2) is 3.39. The summed E-state index contributed by atoms with van der Waals surface area (Å²) in [5, 5.41) is 0. The zero-order valence-corrected chi connectivity index (χ0v) is 8.70. The maximum atomic E-state index is 4.34. The molecule has 0 saturated heterocycles. The molecule has 1 rings (SSSR count). The summed E-state index contributed by atoms with van der Waals surface area (Å²) in [7, 11) is 0. The maximum Gasteiger partial charge on any atom is 0.174 e. The minimum absolute atomic E-state index is 0.507. The second-order valence-electron chi connectivity index (χ2n) is 2.90.